The van der Waals surface area contributed by atoms with Crippen LogP contribution in [0.4, 0.5) is 0 Å². The smallest absolute Gasteiger partial charge is 0.0227 e. The summed E-state index contributed by atoms with van der Waals surface area (Å²) in [6.07, 6.45) is 5.61. The Morgan fingerprint density at radius 1 is 0.950 bits per heavy atom. The van der Waals surface area contributed by atoms with Crippen molar-refractivity contribution in [2.75, 3.05) is 46.8 Å². The minimum atomic E-state index is 0.857. The second-order valence-electron chi connectivity index (χ2n) is 6.46. The molecule has 0 aromatic carbocycles. The maximum atomic E-state index is 3.28. The number of rotatable bonds is 3. The number of hydrogen-bond donors (Lipinski definition) is 1. The van der Waals surface area contributed by atoms with Gasteiger partial charge < -0.3 is 4.90 Å². The largest absolute Gasteiger partial charge is 0.303 e. The van der Waals surface area contributed by atoms with Gasteiger partial charge in [0.2, 0.25) is 0 Å². The molecular weight excluding hydrogens is 248 g/mol. The highest BCUT2D eigenvalue weighted by molar-refractivity contribution is 4.95. The van der Waals surface area contributed by atoms with Crippen molar-refractivity contribution >= 4 is 0 Å². The summed E-state index contributed by atoms with van der Waals surface area (Å²) in [6.45, 7) is 10.4. The number of hydrazine groups is 1. The number of fused-ring (bicyclic) bond motifs is 2. The van der Waals surface area contributed by atoms with Crippen LogP contribution in [0.15, 0.2) is 0 Å². The molecule has 1 N–H and O–H groups in total. The molecule has 3 aliphatic heterocycles. The van der Waals surface area contributed by atoms with Gasteiger partial charge in [-0.15, -0.1) is 0 Å². The standard InChI is InChI=1S/C14H28N4.C2H6/c1-15-17-7-5-12(6-8-17)9-18-13-3-4-14(18)11-16(2)10-13;1-2/h12-15H,3-11H2,1-2H3;1-2H3. The second kappa shape index (κ2) is 7.74. The first-order valence-corrected chi connectivity index (χ1v) is 8.63. The van der Waals surface area contributed by atoms with Crippen molar-refractivity contribution in [3.63, 3.8) is 0 Å². The van der Waals surface area contributed by atoms with E-state index in [0.717, 1.165) is 18.0 Å². The van der Waals surface area contributed by atoms with Crippen molar-refractivity contribution in [2.45, 2.75) is 51.6 Å². The predicted octanol–water partition coefficient (Wildman–Crippen LogP) is 1.64. The summed E-state index contributed by atoms with van der Waals surface area (Å²) in [5.41, 5.74) is 3.28. The fourth-order valence-corrected chi connectivity index (χ4v) is 4.14. The summed E-state index contributed by atoms with van der Waals surface area (Å²) in [7, 11) is 4.33. The normalized spacial score (nSPS) is 33.0. The summed E-state index contributed by atoms with van der Waals surface area (Å²) >= 11 is 0. The summed E-state index contributed by atoms with van der Waals surface area (Å²) in [5.74, 6) is 0.932. The fraction of sp³-hybridized carbons (Fsp3) is 1.00. The summed E-state index contributed by atoms with van der Waals surface area (Å²) < 4.78 is 0. The van der Waals surface area contributed by atoms with Crippen molar-refractivity contribution < 1.29 is 0 Å². The lowest BCUT2D eigenvalue weighted by Crippen LogP contribution is -2.54. The fourth-order valence-electron chi connectivity index (χ4n) is 4.14. The molecule has 0 aromatic rings. The van der Waals surface area contributed by atoms with Crippen LogP contribution in [-0.2, 0) is 0 Å². The third kappa shape index (κ3) is 3.73. The van der Waals surface area contributed by atoms with Gasteiger partial charge in [0, 0.05) is 44.8 Å². The number of nitrogens with one attached hydrogen (secondary N) is 1. The van der Waals surface area contributed by atoms with Crippen molar-refractivity contribution in [3.05, 3.63) is 0 Å². The summed E-state index contributed by atoms with van der Waals surface area (Å²) in [5, 5.41) is 2.36. The molecule has 4 heteroatoms. The average molecular weight is 282 g/mol. The van der Waals surface area contributed by atoms with E-state index in [4.69, 9.17) is 0 Å². The molecule has 3 heterocycles. The monoisotopic (exact) mass is 282 g/mol. The molecule has 0 amide bonds. The number of piperidine rings is 1. The SMILES string of the molecule is CC.CNN1CCC(CN2C3CCC2CN(C)C3)CC1. The number of likely N-dealkylation sites (tertiary alicyclic amines) is 1. The maximum Gasteiger partial charge on any atom is 0.0227 e. The quantitative estimate of drug-likeness (QED) is 0.849. The number of nitrogens with zero attached hydrogens (tertiary/aromatic N) is 3. The minimum absolute atomic E-state index is 0.857. The molecule has 2 bridgehead atoms. The first-order chi connectivity index (χ1) is 9.76. The van der Waals surface area contributed by atoms with Crippen LogP contribution in [0, 0.1) is 5.92 Å². The van der Waals surface area contributed by atoms with Crippen LogP contribution in [0.1, 0.15) is 39.5 Å². The van der Waals surface area contributed by atoms with E-state index in [0.29, 0.717) is 0 Å². The van der Waals surface area contributed by atoms with Crippen LogP contribution >= 0.6 is 0 Å². The zero-order chi connectivity index (χ0) is 14.5. The van der Waals surface area contributed by atoms with Gasteiger partial charge in [-0.2, -0.15) is 0 Å². The van der Waals surface area contributed by atoms with Crippen LogP contribution in [0.5, 0.6) is 0 Å². The van der Waals surface area contributed by atoms with E-state index in [9.17, 15) is 0 Å². The predicted molar refractivity (Wildman–Crippen MR) is 85.7 cm³/mol. The molecule has 118 valence electrons. The number of likely N-dealkylation sites (N-methyl/N-ethyl adjacent to an activating group) is 1. The Kier molecular flexibility index (Phi) is 6.27. The van der Waals surface area contributed by atoms with Gasteiger partial charge in [0.25, 0.3) is 0 Å². The molecule has 2 unspecified atom stereocenters. The third-order valence-corrected chi connectivity index (χ3v) is 5.22. The molecule has 4 nitrogen and oxygen atoms in total. The summed E-state index contributed by atoms with van der Waals surface area (Å²) in [4.78, 5) is 5.38. The summed E-state index contributed by atoms with van der Waals surface area (Å²) in [6, 6.07) is 1.71. The van der Waals surface area contributed by atoms with Gasteiger partial charge in [-0.1, -0.05) is 13.8 Å². The van der Waals surface area contributed by atoms with E-state index < -0.39 is 0 Å². The second-order valence-corrected chi connectivity index (χ2v) is 6.46. The van der Waals surface area contributed by atoms with Gasteiger partial charge in [-0.3, -0.25) is 10.3 Å². The van der Waals surface area contributed by atoms with Gasteiger partial charge in [-0.25, -0.2) is 5.01 Å². The highest BCUT2D eigenvalue weighted by atomic mass is 15.5. The van der Waals surface area contributed by atoms with E-state index in [-0.39, 0.29) is 0 Å². The highest BCUT2D eigenvalue weighted by Gasteiger charge is 2.39. The van der Waals surface area contributed by atoms with Gasteiger partial charge in [0.15, 0.2) is 0 Å². The first kappa shape index (κ1) is 16.2. The van der Waals surface area contributed by atoms with E-state index in [1.165, 1.54) is 58.4 Å². The Labute approximate surface area is 125 Å². The average Bonchev–Trinajstić information content (AvgIpc) is 2.73. The molecule has 0 aromatic heterocycles. The van der Waals surface area contributed by atoms with E-state index in [1.54, 1.807) is 0 Å². The molecule has 0 spiro atoms. The first-order valence-electron chi connectivity index (χ1n) is 8.63. The van der Waals surface area contributed by atoms with Crippen LogP contribution in [0.25, 0.3) is 0 Å². The maximum absolute atomic E-state index is 3.28. The van der Waals surface area contributed by atoms with Gasteiger partial charge in [0.05, 0.1) is 0 Å². The third-order valence-electron chi connectivity index (χ3n) is 5.22. The number of piperazine rings is 1. The van der Waals surface area contributed by atoms with Crippen LogP contribution in [-0.4, -0.2) is 73.7 Å². The highest BCUT2D eigenvalue weighted by Crippen LogP contribution is 2.31. The molecule has 0 aliphatic carbocycles. The van der Waals surface area contributed by atoms with Crippen molar-refractivity contribution in [1.82, 2.24) is 20.2 Å². The molecular formula is C16H34N4. The zero-order valence-corrected chi connectivity index (χ0v) is 13.9. The molecule has 20 heavy (non-hydrogen) atoms. The lowest BCUT2D eigenvalue weighted by molar-refractivity contribution is 0.0477. The lowest BCUT2D eigenvalue weighted by Gasteiger charge is -2.42. The minimum Gasteiger partial charge on any atom is -0.303 e. The Morgan fingerprint density at radius 3 is 2.00 bits per heavy atom. The van der Waals surface area contributed by atoms with Gasteiger partial charge >= 0.3 is 0 Å². The number of hydrogen-bond acceptors (Lipinski definition) is 4. The molecule has 3 aliphatic rings. The van der Waals surface area contributed by atoms with Crippen molar-refractivity contribution in [2.24, 2.45) is 5.92 Å². The van der Waals surface area contributed by atoms with Crippen molar-refractivity contribution in [1.29, 1.82) is 0 Å². The van der Waals surface area contributed by atoms with Crippen LogP contribution in [0.2, 0.25) is 0 Å². The van der Waals surface area contributed by atoms with E-state index in [2.05, 4.69) is 27.3 Å². The molecule has 3 rings (SSSR count). The zero-order valence-electron chi connectivity index (χ0n) is 13.9. The van der Waals surface area contributed by atoms with Crippen LogP contribution < -0.4 is 5.43 Å². The topological polar surface area (TPSA) is 21.8 Å². The lowest BCUT2D eigenvalue weighted by atomic mass is 9.96. The van der Waals surface area contributed by atoms with Crippen molar-refractivity contribution in [3.8, 4) is 0 Å². The molecule has 3 fully saturated rings. The molecule has 0 radical (unpaired) electrons. The van der Waals surface area contributed by atoms with E-state index in [1.807, 2.05) is 20.9 Å². The Bertz CT molecular complexity index is 262. The van der Waals surface area contributed by atoms with Gasteiger partial charge in [-0.05, 0) is 45.7 Å². The Morgan fingerprint density at radius 2 is 1.50 bits per heavy atom. The molecule has 3 saturated heterocycles. The van der Waals surface area contributed by atoms with Gasteiger partial charge in [0.1, 0.15) is 0 Å². The van der Waals surface area contributed by atoms with E-state index >= 15 is 0 Å². The molecule has 2 atom stereocenters. The molecule has 0 saturated carbocycles. The Balaban J connectivity index is 0.000000704. The van der Waals surface area contributed by atoms with Crippen LogP contribution in [0.3, 0.4) is 0 Å². The Hall–Kier alpha value is -0.160.